The second kappa shape index (κ2) is 4.54. The molecule has 0 N–H and O–H groups in total. The van der Waals surface area contributed by atoms with Gasteiger partial charge in [-0.3, -0.25) is 9.98 Å². The van der Waals surface area contributed by atoms with Gasteiger partial charge in [0.15, 0.2) is 5.82 Å². The van der Waals surface area contributed by atoms with Crippen LogP contribution >= 0.6 is 0 Å². The third kappa shape index (κ3) is 2.50. The second-order valence-electron chi connectivity index (χ2n) is 2.73. The minimum absolute atomic E-state index is 0.620. The summed E-state index contributed by atoms with van der Waals surface area (Å²) in [5, 5.41) is 0. The lowest BCUT2D eigenvalue weighted by Crippen LogP contribution is -2.05. The number of nitrogens with zero attached hydrogens (tertiary/aromatic N) is 4. The molecule has 0 saturated carbocycles. The van der Waals surface area contributed by atoms with Gasteiger partial charge in [0.1, 0.15) is 0 Å². The zero-order chi connectivity index (χ0) is 9.68. The molecule has 4 nitrogen and oxygen atoms in total. The molecule has 4 heteroatoms. The first-order valence-corrected chi connectivity index (χ1v) is 4.15. The molecule has 1 heterocycles. The molecule has 0 unspecified atom stereocenters. The van der Waals surface area contributed by atoms with Crippen molar-refractivity contribution in [2.45, 2.75) is 6.92 Å². The molecule has 70 valence electrons. The molecule has 0 aliphatic carbocycles. The molecule has 0 aliphatic heterocycles. The van der Waals surface area contributed by atoms with Crippen LogP contribution in [0.2, 0.25) is 0 Å². The molecule has 1 aromatic rings. The number of hydrogen-bond donors (Lipinski definition) is 0. The van der Waals surface area contributed by atoms with Crippen LogP contribution in [0.3, 0.4) is 0 Å². The average molecular weight is 178 g/mol. The van der Waals surface area contributed by atoms with Gasteiger partial charge in [-0.25, -0.2) is 4.98 Å². The molecule has 1 rings (SSSR count). The Hall–Kier alpha value is -1.45. The van der Waals surface area contributed by atoms with Gasteiger partial charge in [-0.05, 0) is 6.92 Å². The second-order valence-corrected chi connectivity index (χ2v) is 2.73. The molecule has 0 aliphatic rings. The Morgan fingerprint density at radius 2 is 2.46 bits per heavy atom. The fourth-order valence-electron chi connectivity index (χ4n) is 1.04. The van der Waals surface area contributed by atoms with E-state index in [2.05, 4.69) is 15.0 Å². The third-order valence-electron chi connectivity index (χ3n) is 1.74. The van der Waals surface area contributed by atoms with Crippen molar-refractivity contribution in [1.82, 2.24) is 9.55 Å². The van der Waals surface area contributed by atoms with Crippen molar-refractivity contribution in [2.75, 3.05) is 13.6 Å². The highest BCUT2D eigenvalue weighted by Crippen LogP contribution is 1.96. The highest BCUT2D eigenvalue weighted by molar-refractivity contribution is 5.96. The fourth-order valence-corrected chi connectivity index (χ4v) is 1.04. The molecular weight excluding hydrogens is 164 g/mol. The van der Waals surface area contributed by atoms with Crippen molar-refractivity contribution in [3.63, 3.8) is 0 Å². The first kappa shape index (κ1) is 9.64. The standard InChI is InChI=1S/C9H14N4/c1-8(11-5-4-10-2)9-12-6-7-13(9)3/h4,6-7H,5H2,1-3H3. The van der Waals surface area contributed by atoms with E-state index in [0.717, 1.165) is 11.5 Å². The average Bonchev–Trinajstić information content (AvgIpc) is 2.52. The summed E-state index contributed by atoms with van der Waals surface area (Å²) >= 11 is 0. The third-order valence-corrected chi connectivity index (χ3v) is 1.74. The van der Waals surface area contributed by atoms with Gasteiger partial charge in [0.2, 0.25) is 0 Å². The van der Waals surface area contributed by atoms with E-state index in [0.29, 0.717) is 6.54 Å². The number of hydrogen-bond acceptors (Lipinski definition) is 3. The van der Waals surface area contributed by atoms with Crippen LogP contribution in [-0.2, 0) is 7.05 Å². The summed E-state index contributed by atoms with van der Waals surface area (Å²) in [5.41, 5.74) is 0.937. The monoisotopic (exact) mass is 178 g/mol. The lowest BCUT2D eigenvalue weighted by molar-refractivity contribution is 0.894. The summed E-state index contributed by atoms with van der Waals surface area (Å²) in [7, 11) is 3.70. The Kier molecular flexibility index (Phi) is 3.37. The largest absolute Gasteiger partial charge is 0.333 e. The summed E-state index contributed by atoms with van der Waals surface area (Å²) in [4.78, 5) is 12.3. The van der Waals surface area contributed by atoms with Crippen LogP contribution in [0.25, 0.3) is 0 Å². The Labute approximate surface area is 78.1 Å². The molecule has 13 heavy (non-hydrogen) atoms. The molecule has 0 saturated heterocycles. The molecule has 0 aromatic carbocycles. The SMILES string of the molecule is CN=CCN=C(C)c1nccn1C. The lowest BCUT2D eigenvalue weighted by Gasteiger charge is -1.99. The predicted molar refractivity (Wildman–Crippen MR) is 54.7 cm³/mol. The Morgan fingerprint density at radius 1 is 1.69 bits per heavy atom. The molecule has 0 spiro atoms. The van der Waals surface area contributed by atoms with E-state index in [1.165, 1.54) is 0 Å². The zero-order valence-electron chi connectivity index (χ0n) is 8.23. The van der Waals surface area contributed by atoms with E-state index in [1.807, 2.05) is 24.7 Å². The lowest BCUT2D eigenvalue weighted by atomic mass is 10.4. The van der Waals surface area contributed by atoms with E-state index in [4.69, 9.17) is 0 Å². The normalized spacial score (nSPS) is 12.7. The summed E-state index contributed by atoms with van der Waals surface area (Å²) in [6.45, 7) is 2.57. The van der Waals surface area contributed by atoms with E-state index < -0.39 is 0 Å². The quantitative estimate of drug-likeness (QED) is 0.635. The molecule has 0 fully saturated rings. The van der Waals surface area contributed by atoms with Crippen LogP contribution in [0.5, 0.6) is 0 Å². The van der Waals surface area contributed by atoms with Crippen molar-refractivity contribution in [3.05, 3.63) is 18.2 Å². The van der Waals surface area contributed by atoms with Gasteiger partial charge >= 0.3 is 0 Å². The van der Waals surface area contributed by atoms with Gasteiger partial charge < -0.3 is 4.57 Å². The molecule has 1 aromatic heterocycles. The highest BCUT2D eigenvalue weighted by atomic mass is 15.0. The van der Waals surface area contributed by atoms with E-state index in [9.17, 15) is 0 Å². The summed E-state index contributed by atoms with van der Waals surface area (Å²) in [6.07, 6.45) is 5.44. The van der Waals surface area contributed by atoms with Gasteiger partial charge in [0.05, 0.1) is 12.3 Å². The smallest absolute Gasteiger partial charge is 0.153 e. The highest BCUT2D eigenvalue weighted by Gasteiger charge is 2.00. The minimum atomic E-state index is 0.620. The van der Waals surface area contributed by atoms with Gasteiger partial charge in [-0.2, -0.15) is 0 Å². The number of aliphatic imine (C=N–C) groups is 2. The summed E-state index contributed by atoms with van der Waals surface area (Å²) in [5.74, 6) is 0.907. The maximum atomic E-state index is 4.30. The van der Waals surface area contributed by atoms with E-state index >= 15 is 0 Å². The van der Waals surface area contributed by atoms with Crippen LogP contribution < -0.4 is 0 Å². The number of rotatable bonds is 3. The van der Waals surface area contributed by atoms with E-state index in [-0.39, 0.29) is 0 Å². The number of aryl methyl sites for hydroxylation is 1. The minimum Gasteiger partial charge on any atom is -0.333 e. The zero-order valence-corrected chi connectivity index (χ0v) is 8.23. The Morgan fingerprint density at radius 3 is 3.00 bits per heavy atom. The summed E-state index contributed by atoms with van der Waals surface area (Å²) in [6, 6.07) is 0. The maximum Gasteiger partial charge on any atom is 0.153 e. The van der Waals surface area contributed by atoms with Crippen molar-refractivity contribution in [3.8, 4) is 0 Å². The van der Waals surface area contributed by atoms with Crippen LogP contribution in [0.4, 0.5) is 0 Å². The van der Waals surface area contributed by atoms with Crippen LogP contribution in [0, 0.1) is 0 Å². The maximum absolute atomic E-state index is 4.30. The molecule has 0 atom stereocenters. The van der Waals surface area contributed by atoms with Crippen molar-refractivity contribution in [2.24, 2.45) is 17.0 Å². The van der Waals surface area contributed by atoms with Crippen molar-refractivity contribution in [1.29, 1.82) is 0 Å². The van der Waals surface area contributed by atoms with E-state index in [1.54, 1.807) is 19.5 Å². The number of imidazole rings is 1. The van der Waals surface area contributed by atoms with Crippen LogP contribution in [-0.4, -0.2) is 35.1 Å². The number of aromatic nitrogens is 2. The van der Waals surface area contributed by atoms with Crippen LogP contribution in [0.15, 0.2) is 22.4 Å². The molecule has 0 amide bonds. The first-order chi connectivity index (χ1) is 6.25. The molecule has 0 radical (unpaired) electrons. The van der Waals surface area contributed by atoms with Gasteiger partial charge in [0.25, 0.3) is 0 Å². The predicted octanol–water partition coefficient (Wildman–Crippen LogP) is 0.930. The van der Waals surface area contributed by atoms with Gasteiger partial charge in [0, 0.05) is 32.7 Å². The van der Waals surface area contributed by atoms with Gasteiger partial charge in [-0.1, -0.05) is 0 Å². The Bertz CT molecular complexity index is 322. The Balaban J connectivity index is 2.73. The van der Waals surface area contributed by atoms with Gasteiger partial charge in [-0.15, -0.1) is 0 Å². The topological polar surface area (TPSA) is 42.5 Å². The molecule has 0 bridgehead atoms. The summed E-state index contributed by atoms with van der Waals surface area (Å²) < 4.78 is 1.95. The van der Waals surface area contributed by atoms with Crippen molar-refractivity contribution >= 4 is 11.9 Å². The fraction of sp³-hybridized carbons (Fsp3) is 0.444. The van der Waals surface area contributed by atoms with Crippen LogP contribution in [0.1, 0.15) is 12.7 Å². The molecular formula is C9H14N4. The van der Waals surface area contributed by atoms with Crippen molar-refractivity contribution < 1.29 is 0 Å². The first-order valence-electron chi connectivity index (χ1n) is 4.15.